The van der Waals surface area contributed by atoms with Gasteiger partial charge in [-0.05, 0) is 70.7 Å². The highest BCUT2D eigenvalue weighted by Gasteiger charge is 2.26. The number of nitrogens with zero attached hydrogens (tertiary/aromatic N) is 3. The minimum absolute atomic E-state index is 0.0624. The van der Waals surface area contributed by atoms with Gasteiger partial charge in [0.05, 0.1) is 18.4 Å². The average molecular weight is 375 g/mol. The molecule has 27 heavy (non-hydrogen) atoms. The fraction of sp³-hybridized carbons (Fsp3) is 0.714. The molecule has 6 heteroatoms. The molecule has 0 aromatic carbocycles. The van der Waals surface area contributed by atoms with Crippen LogP contribution in [0.5, 0.6) is 0 Å². The number of piperidine rings is 2. The monoisotopic (exact) mass is 374 g/mol. The quantitative estimate of drug-likeness (QED) is 0.832. The Bertz CT molecular complexity index is 573. The van der Waals surface area contributed by atoms with Crippen molar-refractivity contribution in [3.63, 3.8) is 0 Å². The van der Waals surface area contributed by atoms with Crippen molar-refractivity contribution in [2.75, 3.05) is 32.7 Å². The van der Waals surface area contributed by atoms with E-state index in [4.69, 9.17) is 4.74 Å². The van der Waals surface area contributed by atoms with E-state index in [2.05, 4.69) is 29.0 Å². The van der Waals surface area contributed by atoms with Crippen LogP contribution in [-0.4, -0.2) is 65.7 Å². The van der Waals surface area contributed by atoms with Gasteiger partial charge in [-0.2, -0.15) is 0 Å². The third-order valence-electron chi connectivity index (χ3n) is 5.78. The fourth-order valence-electron chi connectivity index (χ4n) is 3.96. The van der Waals surface area contributed by atoms with Crippen LogP contribution >= 0.6 is 0 Å². The lowest BCUT2D eigenvalue weighted by Gasteiger charge is -2.36. The third-order valence-corrected chi connectivity index (χ3v) is 5.78. The summed E-state index contributed by atoms with van der Waals surface area (Å²) in [5.41, 5.74) is 0.937. The summed E-state index contributed by atoms with van der Waals surface area (Å²) in [6.45, 7) is 9.59. The molecule has 3 heterocycles. The van der Waals surface area contributed by atoms with E-state index >= 15 is 0 Å². The molecule has 2 amide bonds. The van der Waals surface area contributed by atoms with Gasteiger partial charge in [-0.1, -0.05) is 6.07 Å². The number of carbonyl (C=O) groups excluding carboxylic acids is 1. The van der Waals surface area contributed by atoms with Gasteiger partial charge in [0, 0.05) is 31.9 Å². The lowest BCUT2D eigenvalue weighted by atomic mass is 9.96. The minimum Gasteiger partial charge on any atom is -0.370 e. The molecule has 1 aromatic rings. The molecule has 0 bridgehead atoms. The van der Waals surface area contributed by atoms with E-state index < -0.39 is 0 Å². The molecule has 1 aromatic heterocycles. The summed E-state index contributed by atoms with van der Waals surface area (Å²) in [6, 6.07) is 6.53. The Morgan fingerprint density at radius 2 is 2.07 bits per heavy atom. The molecule has 2 saturated heterocycles. The molecule has 1 atom stereocenters. The van der Waals surface area contributed by atoms with Gasteiger partial charge in [0.25, 0.3) is 0 Å². The first-order valence-electron chi connectivity index (χ1n) is 10.4. The smallest absolute Gasteiger partial charge is 0.317 e. The van der Waals surface area contributed by atoms with Crippen molar-refractivity contribution in [2.24, 2.45) is 5.92 Å². The Morgan fingerprint density at radius 1 is 1.26 bits per heavy atom. The molecule has 150 valence electrons. The molecule has 2 aliphatic heterocycles. The SMILES string of the molecule is CC(C)N1CCC(CNC(=O)N2CCC[C@H](OCc3ccccn3)C2)CC1. The maximum Gasteiger partial charge on any atom is 0.317 e. The van der Waals surface area contributed by atoms with Crippen LogP contribution in [0.25, 0.3) is 0 Å². The minimum atomic E-state index is 0.0624. The first-order valence-corrected chi connectivity index (χ1v) is 10.4. The lowest BCUT2D eigenvalue weighted by Crippen LogP contribution is -2.49. The van der Waals surface area contributed by atoms with Crippen LogP contribution in [-0.2, 0) is 11.3 Å². The number of hydrogen-bond donors (Lipinski definition) is 1. The van der Waals surface area contributed by atoms with Gasteiger partial charge in [-0.15, -0.1) is 0 Å². The number of hydrogen-bond acceptors (Lipinski definition) is 4. The highest BCUT2D eigenvalue weighted by molar-refractivity contribution is 5.74. The number of urea groups is 1. The van der Waals surface area contributed by atoms with E-state index in [0.29, 0.717) is 25.1 Å². The summed E-state index contributed by atoms with van der Waals surface area (Å²) < 4.78 is 5.99. The predicted molar refractivity (Wildman–Crippen MR) is 106 cm³/mol. The lowest BCUT2D eigenvalue weighted by molar-refractivity contribution is -0.00179. The summed E-state index contributed by atoms with van der Waals surface area (Å²) in [5.74, 6) is 0.602. The van der Waals surface area contributed by atoms with E-state index in [1.165, 1.54) is 12.8 Å². The zero-order valence-corrected chi connectivity index (χ0v) is 16.8. The molecule has 2 fully saturated rings. The summed E-state index contributed by atoms with van der Waals surface area (Å²) in [6.07, 6.45) is 6.23. The largest absolute Gasteiger partial charge is 0.370 e. The van der Waals surface area contributed by atoms with Crippen molar-refractivity contribution < 1.29 is 9.53 Å². The van der Waals surface area contributed by atoms with Gasteiger partial charge >= 0.3 is 6.03 Å². The van der Waals surface area contributed by atoms with Crippen molar-refractivity contribution in [3.05, 3.63) is 30.1 Å². The molecule has 0 saturated carbocycles. The zero-order valence-electron chi connectivity index (χ0n) is 16.8. The van der Waals surface area contributed by atoms with Crippen LogP contribution < -0.4 is 5.32 Å². The van der Waals surface area contributed by atoms with Crippen molar-refractivity contribution in [2.45, 2.75) is 58.3 Å². The molecular weight excluding hydrogens is 340 g/mol. The Morgan fingerprint density at radius 3 is 2.78 bits per heavy atom. The van der Waals surface area contributed by atoms with E-state index in [0.717, 1.165) is 44.7 Å². The van der Waals surface area contributed by atoms with Crippen LogP contribution in [0.4, 0.5) is 4.79 Å². The summed E-state index contributed by atoms with van der Waals surface area (Å²) >= 11 is 0. The van der Waals surface area contributed by atoms with Crippen LogP contribution in [0.15, 0.2) is 24.4 Å². The standard InChI is InChI=1S/C21H34N4O2/c1-17(2)24-12-8-18(9-13-24)14-23-21(26)25-11-5-7-20(15-25)27-16-19-6-3-4-10-22-19/h3-4,6,10,17-18,20H,5,7-9,11-16H2,1-2H3,(H,23,26)/t20-/m0/s1. The second-order valence-electron chi connectivity index (χ2n) is 8.10. The van der Waals surface area contributed by atoms with Crippen LogP contribution in [0.3, 0.4) is 0 Å². The second-order valence-corrected chi connectivity index (χ2v) is 8.10. The number of likely N-dealkylation sites (tertiary alicyclic amines) is 2. The topological polar surface area (TPSA) is 57.7 Å². The maximum absolute atomic E-state index is 12.6. The number of ether oxygens (including phenoxy) is 1. The van der Waals surface area contributed by atoms with Gasteiger partial charge in [-0.25, -0.2) is 4.79 Å². The van der Waals surface area contributed by atoms with Gasteiger partial charge in [-0.3, -0.25) is 4.98 Å². The normalized spacial score (nSPS) is 22.2. The number of amides is 2. The summed E-state index contributed by atoms with van der Waals surface area (Å²) in [7, 11) is 0. The number of rotatable bonds is 6. The number of aromatic nitrogens is 1. The molecule has 3 rings (SSSR count). The van der Waals surface area contributed by atoms with E-state index in [-0.39, 0.29) is 12.1 Å². The highest BCUT2D eigenvalue weighted by Crippen LogP contribution is 2.19. The van der Waals surface area contributed by atoms with Crippen LogP contribution in [0.2, 0.25) is 0 Å². The Labute approximate surface area is 163 Å². The van der Waals surface area contributed by atoms with Gasteiger partial charge < -0.3 is 19.9 Å². The van der Waals surface area contributed by atoms with Crippen LogP contribution in [0.1, 0.15) is 45.2 Å². The predicted octanol–water partition coefficient (Wildman–Crippen LogP) is 2.89. The molecule has 6 nitrogen and oxygen atoms in total. The number of pyridine rings is 1. The van der Waals surface area contributed by atoms with Crippen molar-refractivity contribution in [3.8, 4) is 0 Å². The molecular formula is C21H34N4O2. The Kier molecular flexibility index (Phi) is 7.47. The highest BCUT2D eigenvalue weighted by atomic mass is 16.5. The van der Waals surface area contributed by atoms with E-state index in [1.807, 2.05) is 23.1 Å². The Balaban J connectivity index is 1.37. The maximum atomic E-state index is 12.6. The first kappa shape index (κ1) is 20.1. The number of carbonyl (C=O) groups is 1. The van der Waals surface area contributed by atoms with Gasteiger partial charge in [0.2, 0.25) is 0 Å². The molecule has 0 unspecified atom stereocenters. The van der Waals surface area contributed by atoms with E-state index in [9.17, 15) is 4.79 Å². The fourth-order valence-corrected chi connectivity index (χ4v) is 3.96. The third kappa shape index (κ3) is 6.18. The molecule has 0 spiro atoms. The summed E-state index contributed by atoms with van der Waals surface area (Å²) in [5, 5.41) is 3.16. The van der Waals surface area contributed by atoms with Gasteiger partial charge in [0.1, 0.15) is 0 Å². The van der Waals surface area contributed by atoms with Crippen molar-refractivity contribution >= 4 is 6.03 Å². The molecule has 0 radical (unpaired) electrons. The van der Waals surface area contributed by atoms with Crippen LogP contribution in [0, 0.1) is 5.92 Å². The Hall–Kier alpha value is -1.66. The van der Waals surface area contributed by atoms with Crippen molar-refractivity contribution in [1.82, 2.24) is 20.1 Å². The molecule has 1 N–H and O–H groups in total. The van der Waals surface area contributed by atoms with E-state index in [1.54, 1.807) is 6.20 Å². The first-order chi connectivity index (χ1) is 13.1. The van der Waals surface area contributed by atoms with Crippen molar-refractivity contribution in [1.29, 1.82) is 0 Å². The molecule has 2 aliphatic rings. The van der Waals surface area contributed by atoms with Gasteiger partial charge in [0.15, 0.2) is 0 Å². The molecule has 0 aliphatic carbocycles. The summed E-state index contributed by atoms with van der Waals surface area (Å²) in [4.78, 5) is 21.3. The number of nitrogens with one attached hydrogen (secondary N) is 1. The average Bonchev–Trinajstić information content (AvgIpc) is 2.72. The zero-order chi connectivity index (χ0) is 19.1. The second kappa shape index (κ2) is 10.0.